The van der Waals surface area contributed by atoms with Crippen molar-refractivity contribution in [2.75, 3.05) is 5.73 Å². The molecule has 2 N–H and O–H groups in total. The third-order valence-electron chi connectivity index (χ3n) is 4.12. The van der Waals surface area contributed by atoms with Crippen molar-refractivity contribution < 1.29 is 17.6 Å². The van der Waals surface area contributed by atoms with E-state index < -0.39 is 17.8 Å². The van der Waals surface area contributed by atoms with Gasteiger partial charge < -0.3 is 5.73 Å². The van der Waals surface area contributed by atoms with Gasteiger partial charge in [0.25, 0.3) is 0 Å². The Labute approximate surface area is 139 Å². The molecule has 5 nitrogen and oxygen atoms in total. The van der Waals surface area contributed by atoms with Crippen LogP contribution in [0.15, 0.2) is 24.3 Å². The lowest BCUT2D eigenvalue weighted by atomic mass is 10.2. The first-order valence-corrected chi connectivity index (χ1v) is 7.68. The Hall–Kier alpha value is -2.71. The fourth-order valence-corrected chi connectivity index (χ4v) is 2.74. The zero-order valence-corrected chi connectivity index (χ0v) is 12.9. The van der Waals surface area contributed by atoms with E-state index in [2.05, 4.69) is 15.0 Å². The Morgan fingerprint density at radius 2 is 1.76 bits per heavy atom. The monoisotopic (exact) mass is 351 g/mol. The van der Waals surface area contributed by atoms with Gasteiger partial charge in [0.1, 0.15) is 11.3 Å². The Bertz CT molecular complexity index is 942. The van der Waals surface area contributed by atoms with E-state index in [1.807, 2.05) is 0 Å². The number of hydrogen-bond donors (Lipinski definition) is 1. The summed E-state index contributed by atoms with van der Waals surface area (Å²) in [7, 11) is 0. The molecule has 3 aromatic rings. The first-order chi connectivity index (χ1) is 11.8. The van der Waals surface area contributed by atoms with Crippen LogP contribution in [-0.4, -0.2) is 19.5 Å². The van der Waals surface area contributed by atoms with Crippen LogP contribution in [0.2, 0.25) is 0 Å². The molecule has 0 atom stereocenters. The van der Waals surface area contributed by atoms with Crippen molar-refractivity contribution in [1.82, 2.24) is 19.5 Å². The van der Waals surface area contributed by atoms with Gasteiger partial charge in [0, 0.05) is 5.92 Å². The summed E-state index contributed by atoms with van der Waals surface area (Å²) in [6.45, 7) is 0.140. The molecule has 0 amide bonds. The van der Waals surface area contributed by atoms with E-state index >= 15 is 0 Å². The van der Waals surface area contributed by atoms with Gasteiger partial charge in [-0.3, -0.25) is 4.57 Å². The second-order valence-corrected chi connectivity index (χ2v) is 6.06. The summed E-state index contributed by atoms with van der Waals surface area (Å²) in [5.74, 6) is -1.58. The van der Waals surface area contributed by atoms with E-state index in [1.54, 1.807) is 0 Å². The van der Waals surface area contributed by atoms with Crippen LogP contribution in [-0.2, 0) is 12.7 Å². The molecule has 1 saturated carbocycles. The van der Waals surface area contributed by atoms with Gasteiger partial charge in [-0.05, 0) is 30.5 Å². The van der Waals surface area contributed by atoms with Gasteiger partial charge >= 0.3 is 6.18 Å². The number of alkyl halides is 3. The molecule has 1 fully saturated rings. The highest BCUT2D eigenvalue weighted by molar-refractivity contribution is 5.78. The van der Waals surface area contributed by atoms with Gasteiger partial charge in [0.2, 0.25) is 11.8 Å². The quantitative estimate of drug-likeness (QED) is 0.734. The maximum absolute atomic E-state index is 13.2. The van der Waals surface area contributed by atoms with Crippen molar-refractivity contribution >= 4 is 17.1 Å². The number of fused-ring (bicyclic) bond motifs is 1. The first-order valence-electron chi connectivity index (χ1n) is 7.68. The molecule has 4 rings (SSSR count). The van der Waals surface area contributed by atoms with E-state index in [9.17, 15) is 17.6 Å². The molecule has 0 aliphatic heterocycles. The van der Waals surface area contributed by atoms with Crippen molar-refractivity contribution in [3.63, 3.8) is 0 Å². The second kappa shape index (κ2) is 5.40. The smallest absolute Gasteiger partial charge is 0.369 e. The summed E-state index contributed by atoms with van der Waals surface area (Å²) < 4.78 is 53.9. The van der Waals surface area contributed by atoms with Gasteiger partial charge in [0.05, 0.1) is 12.2 Å². The molecule has 0 spiro atoms. The molecule has 25 heavy (non-hydrogen) atoms. The molecule has 2 aromatic heterocycles. The fraction of sp³-hybridized carbons (Fsp3) is 0.312. The molecular formula is C16H13F4N5. The van der Waals surface area contributed by atoms with Crippen molar-refractivity contribution in [1.29, 1.82) is 0 Å². The standard InChI is InChI=1S/C16H13F4N5/c17-10-5-1-8(2-6-10)7-25-13-12(23-15(25)21)11(9-3-4-9)22-14(24-13)16(18,19)20/h1-2,5-6,9H,3-4,7H2,(H2,21,23). The number of hydrogen-bond acceptors (Lipinski definition) is 4. The number of benzene rings is 1. The van der Waals surface area contributed by atoms with Crippen molar-refractivity contribution in [2.45, 2.75) is 31.5 Å². The SMILES string of the molecule is Nc1nc2c(C3CC3)nc(C(F)(F)F)nc2n1Cc1ccc(F)cc1. The number of nitrogens with zero attached hydrogens (tertiary/aromatic N) is 4. The van der Waals surface area contributed by atoms with Crippen LogP contribution >= 0.6 is 0 Å². The number of rotatable bonds is 3. The molecule has 1 aromatic carbocycles. The van der Waals surface area contributed by atoms with Gasteiger partial charge in [-0.25, -0.2) is 19.3 Å². The predicted octanol–water partition coefficient (Wildman–Crippen LogP) is 3.49. The van der Waals surface area contributed by atoms with Crippen LogP contribution < -0.4 is 5.73 Å². The normalized spacial score (nSPS) is 15.0. The van der Waals surface area contributed by atoms with Crippen LogP contribution in [0, 0.1) is 5.82 Å². The van der Waals surface area contributed by atoms with Gasteiger partial charge in [-0.15, -0.1) is 0 Å². The Morgan fingerprint density at radius 1 is 1.08 bits per heavy atom. The van der Waals surface area contributed by atoms with Crippen molar-refractivity contribution in [2.24, 2.45) is 0 Å². The Balaban J connectivity index is 1.87. The summed E-state index contributed by atoms with van der Waals surface area (Å²) in [5.41, 5.74) is 7.22. The number of halogens is 4. The van der Waals surface area contributed by atoms with Crippen LogP contribution in [0.1, 0.15) is 35.8 Å². The van der Waals surface area contributed by atoms with Gasteiger partial charge in [-0.2, -0.15) is 13.2 Å². The van der Waals surface area contributed by atoms with Crippen LogP contribution in [0.5, 0.6) is 0 Å². The van der Waals surface area contributed by atoms with Gasteiger partial charge in [0.15, 0.2) is 5.65 Å². The van der Waals surface area contributed by atoms with Crippen LogP contribution in [0.3, 0.4) is 0 Å². The third kappa shape index (κ3) is 2.90. The van der Waals surface area contributed by atoms with Crippen molar-refractivity contribution in [3.05, 3.63) is 47.2 Å². The number of imidazole rings is 1. The predicted molar refractivity (Wildman–Crippen MR) is 82.2 cm³/mol. The molecule has 0 radical (unpaired) electrons. The largest absolute Gasteiger partial charge is 0.451 e. The van der Waals surface area contributed by atoms with E-state index in [0.717, 1.165) is 12.8 Å². The minimum absolute atomic E-state index is 0.0415. The lowest BCUT2D eigenvalue weighted by Crippen LogP contribution is -2.14. The lowest BCUT2D eigenvalue weighted by molar-refractivity contribution is -0.144. The summed E-state index contributed by atoms with van der Waals surface area (Å²) >= 11 is 0. The van der Waals surface area contributed by atoms with Gasteiger partial charge in [-0.1, -0.05) is 12.1 Å². The van der Waals surface area contributed by atoms with Crippen molar-refractivity contribution in [3.8, 4) is 0 Å². The average molecular weight is 351 g/mol. The minimum atomic E-state index is -4.66. The summed E-state index contributed by atoms with van der Waals surface area (Å²) in [6.07, 6.45) is -3.11. The number of nitrogens with two attached hydrogens (primary N) is 1. The molecule has 2 heterocycles. The van der Waals surface area contributed by atoms with E-state index in [4.69, 9.17) is 5.73 Å². The zero-order valence-electron chi connectivity index (χ0n) is 12.9. The molecular weight excluding hydrogens is 338 g/mol. The Kier molecular flexibility index (Phi) is 3.41. The highest BCUT2D eigenvalue weighted by Crippen LogP contribution is 2.43. The summed E-state index contributed by atoms with van der Waals surface area (Å²) in [6, 6.07) is 5.62. The zero-order chi connectivity index (χ0) is 17.8. The molecule has 9 heteroatoms. The molecule has 1 aliphatic carbocycles. The summed E-state index contributed by atoms with van der Waals surface area (Å²) in [4.78, 5) is 11.5. The molecule has 0 saturated heterocycles. The molecule has 0 unspecified atom stereocenters. The Morgan fingerprint density at radius 3 is 2.36 bits per heavy atom. The first kappa shape index (κ1) is 15.8. The maximum atomic E-state index is 13.2. The lowest BCUT2D eigenvalue weighted by Gasteiger charge is -2.10. The van der Waals surface area contributed by atoms with Crippen LogP contribution in [0.4, 0.5) is 23.5 Å². The average Bonchev–Trinajstić information content (AvgIpc) is 3.34. The third-order valence-corrected chi connectivity index (χ3v) is 4.12. The highest BCUT2D eigenvalue weighted by Gasteiger charge is 2.39. The maximum Gasteiger partial charge on any atom is 0.451 e. The van der Waals surface area contributed by atoms with Crippen LogP contribution in [0.25, 0.3) is 11.2 Å². The molecule has 0 bridgehead atoms. The highest BCUT2D eigenvalue weighted by atomic mass is 19.4. The van der Waals surface area contributed by atoms with E-state index in [-0.39, 0.29) is 24.1 Å². The van der Waals surface area contributed by atoms with E-state index in [0.29, 0.717) is 16.8 Å². The number of aromatic nitrogens is 4. The fourth-order valence-electron chi connectivity index (χ4n) is 2.74. The number of nitrogen functional groups attached to an aromatic ring is 1. The number of anilines is 1. The molecule has 1 aliphatic rings. The molecule has 130 valence electrons. The summed E-state index contributed by atoms with van der Waals surface area (Å²) in [5, 5.41) is 0. The van der Waals surface area contributed by atoms with E-state index in [1.165, 1.54) is 28.8 Å². The topological polar surface area (TPSA) is 69.6 Å². The second-order valence-electron chi connectivity index (χ2n) is 6.06. The minimum Gasteiger partial charge on any atom is -0.369 e.